The number of rotatable bonds is 6. The zero-order chi connectivity index (χ0) is 15.4. The molecule has 0 saturated carbocycles. The lowest BCUT2D eigenvalue weighted by molar-refractivity contribution is -0.154. The van der Waals surface area contributed by atoms with Gasteiger partial charge in [-0.2, -0.15) is 0 Å². The van der Waals surface area contributed by atoms with Crippen molar-refractivity contribution >= 4 is 11.9 Å². The first-order valence-electron chi connectivity index (χ1n) is 7.76. The third-order valence-corrected chi connectivity index (χ3v) is 4.08. The molecule has 6 heteroatoms. The van der Waals surface area contributed by atoms with Crippen LogP contribution in [0.2, 0.25) is 0 Å². The summed E-state index contributed by atoms with van der Waals surface area (Å²) in [6.07, 6.45) is 1.44. The molecule has 21 heavy (non-hydrogen) atoms. The van der Waals surface area contributed by atoms with Gasteiger partial charge in [-0.1, -0.05) is 13.8 Å². The lowest BCUT2D eigenvalue weighted by atomic mass is 10.1. The average molecular weight is 299 g/mol. The normalized spacial score (nSPS) is 29.3. The van der Waals surface area contributed by atoms with Gasteiger partial charge in [-0.05, 0) is 31.6 Å². The second-order valence-electron chi connectivity index (χ2n) is 6.28. The molecule has 6 nitrogen and oxygen atoms in total. The van der Waals surface area contributed by atoms with E-state index in [1.165, 1.54) is 0 Å². The van der Waals surface area contributed by atoms with Crippen LogP contribution in [-0.4, -0.2) is 59.9 Å². The molecule has 120 valence electrons. The fourth-order valence-corrected chi connectivity index (χ4v) is 2.74. The molecular formula is C15H25NO5. The van der Waals surface area contributed by atoms with E-state index in [1.54, 1.807) is 4.90 Å². The Morgan fingerprint density at radius 2 is 2.00 bits per heavy atom. The molecule has 2 aliphatic heterocycles. The van der Waals surface area contributed by atoms with Crippen molar-refractivity contribution in [2.24, 2.45) is 5.92 Å². The molecule has 1 N–H and O–H groups in total. The first-order valence-corrected chi connectivity index (χ1v) is 7.76. The zero-order valence-electron chi connectivity index (χ0n) is 12.8. The molecule has 0 aromatic heterocycles. The van der Waals surface area contributed by atoms with Crippen LogP contribution in [0.3, 0.4) is 0 Å². The highest BCUT2D eigenvalue weighted by molar-refractivity contribution is 5.83. The SMILES string of the molecule is CC(C)CCOC1CCN(C(=O)[C@@H]2CC[C@H](C(=O)O)O2)C1. The second-order valence-corrected chi connectivity index (χ2v) is 6.28. The number of carboxylic acids is 1. The Morgan fingerprint density at radius 3 is 2.62 bits per heavy atom. The molecule has 1 unspecified atom stereocenters. The molecule has 0 spiro atoms. The number of carbonyl (C=O) groups is 2. The van der Waals surface area contributed by atoms with E-state index < -0.39 is 18.2 Å². The van der Waals surface area contributed by atoms with Crippen LogP contribution in [-0.2, 0) is 19.1 Å². The zero-order valence-corrected chi connectivity index (χ0v) is 12.8. The third-order valence-electron chi connectivity index (χ3n) is 4.08. The van der Waals surface area contributed by atoms with E-state index in [9.17, 15) is 9.59 Å². The van der Waals surface area contributed by atoms with Crippen LogP contribution in [0.1, 0.15) is 39.5 Å². The molecule has 3 atom stereocenters. The van der Waals surface area contributed by atoms with Crippen LogP contribution >= 0.6 is 0 Å². The predicted molar refractivity (Wildman–Crippen MR) is 75.9 cm³/mol. The van der Waals surface area contributed by atoms with E-state index in [2.05, 4.69) is 13.8 Å². The van der Waals surface area contributed by atoms with Gasteiger partial charge in [0.2, 0.25) is 0 Å². The van der Waals surface area contributed by atoms with Gasteiger partial charge < -0.3 is 19.5 Å². The summed E-state index contributed by atoms with van der Waals surface area (Å²) in [5.41, 5.74) is 0. The number of aliphatic carboxylic acids is 1. The minimum Gasteiger partial charge on any atom is -0.479 e. The Morgan fingerprint density at radius 1 is 1.29 bits per heavy atom. The van der Waals surface area contributed by atoms with Gasteiger partial charge in [0.25, 0.3) is 5.91 Å². The minimum absolute atomic E-state index is 0.0892. The van der Waals surface area contributed by atoms with E-state index in [0.717, 1.165) is 19.4 Å². The standard InChI is InChI=1S/C15H25NO5/c1-10(2)6-8-20-11-5-7-16(9-11)14(17)12-3-4-13(21-12)15(18)19/h10-13H,3-9H2,1-2H3,(H,18,19)/t11?,12-,13+/m0/s1. The lowest BCUT2D eigenvalue weighted by Gasteiger charge is -2.20. The lowest BCUT2D eigenvalue weighted by Crippen LogP contribution is -2.39. The van der Waals surface area contributed by atoms with Crippen molar-refractivity contribution in [2.75, 3.05) is 19.7 Å². The number of carbonyl (C=O) groups excluding carboxylic acids is 1. The monoisotopic (exact) mass is 299 g/mol. The van der Waals surface area contributed by atoms with E-state index in [4.69, 9.17) is 14.6 Å². The van der Waals surface area contributed by atoms with Crippen LogP contribution in [0, 0.1) is 5.92 Å². The van der Waals surface area contributed by atoms with Crippen LogP contribution in [0.4, 0.5) is 0 Å². The van der Waals surface area contributed by atoms with Crippen molar-refractivity contribution in [2.45, 2.75) is 57.8 Å². The Labute approximate surface area is 125 Å². The molecule has 0 radical (unpaired) electrons. The molecule has 2 saturated heterocycles. The van der Waals surface area contributed by atoms with Gasteiger partial charge in [0.05, 0.1) is 6.10 Å². The quantitative estimate of drug-likeness (QED) is 0.799. The van der Waals surface area contributed by atoms with Gasteiger partial charge in [0.15, 0.2) is 6.10 Å². The highest BCUT2D eigenvalue weighted by Gasteiger charge is 2.38. The van der Waals surface area contributed by atoms with Crippen LogP contribution in [0.25, 0.3) is 0 Å². The molecule has 2 aliphatic rings. The summed E-state index contributed by atoms with van der Waals surface area (Å²) in [5, 5.41) is 8.89. The molecule has 0 bridgehead atoms. The van der Waals surface area contributed by atoms with Gasteiger partial charge >= 0.3 is 5.97 Å². The maximum absolute atomic E-state index is 12.3. The van der Waals surface area contributed by atoms with Crippen LogP contribution < -0.4 is 0 Å². The highest BCUT2D eigenvalue weighted by Crippen LogP contribution is 2.24. The maximum Gasteiger partial charge on any atom is 0.332 e. The van der Waals surface area contributed by atoms with Crippen molar-refractivity contribution in [1.29, 1.82) is 0 Å². The van der Waals surface area contributed by atoms with E-state index in [1.807, 2.05) is 0 Å². The summed E-state index contributed by atoms with van der Waals surface area (Å²) >= 11 is 0. The van der Waals surface area contributed by atoms with Crippen molar-refractivity contribution < 1.29 is 24.2 Å². The van der Waals surface area contributed by atoms with Crippen LogP contribution in [0.15, 0.2) is 0 Å². The first kappa shape index (κ1) is 16.2. The maximum atomic E-state index is 12.3. The van der Waals surface area contributed by atoms with Crippen molar-refractivity contribution in [3.8, 4) is 0 Å². The number of carboxylic acid groups (broad SMARTS) is 1. The topological polar surface area (TPSA) is 76.1 Å². The first-order chi connectivity index (χ1) is 9.97. The summed E-state index contributed by atoms with van der Waals surface area (Å²) in [4.78, 5) is 24.9. The van der Waals surface area contributed by atoms with Gasteiger partial charge in [-0.25, -0.2) is 4.79 Å². The van der Waals surface area contributed by atoms with Gasteiger partial charge in [-0.3, -0.25) is 4.79 Å². The van der Waals surface area contributed by atoms with Crippen molar-refractivity contribution in [3.05, 3.63) is 0 Å². The highest BCUT2D eigenvalue weighted by atomic mass is 16.5. The van der Waals surface area contributed by atoms with Crippen molar-refractivity contribution in [3.63, 3.8) is 0 Å². The molecule has 2 fully saturated rings. The Balaban J connectivity index is 1.74. The largest absolute Gasteiger partial charge is 0.479 e. The number of hydrogen-bond donors (Lipinski definition) is 1. The fraction of sp³-hybridized carbons (Fsp3) is 0.867. The average Bonchev–Trinajstić information content (AvgIpc) is 3.06. The summed E-state index contributed by atoms with van der Waals surface area (Å²) < 4.78 is 11.1. The van der Waals surface area contributed by atoms with Crippen LogP contribution in [0.5, 0.6) is 0 Å². The fourth-order valence-electron chi connectivity index (χ4n) is 2.74. The minimum atomic E-state index is -0.985. The van der Waals surface area contributed by atoms with E-state index >= 15 is 0 Å². The van der Waals surface area contributed by atoms with E-state index in [0.29, 0.717) is 31.8 Å². The summed E-state index contributed by atoms with van der Waals surface area (Å²) in [6.45, 7) is 6.30. The Bertz CT molecular complexity index is 384. The molecule has 1 amide bonds. The number of hydrogen-bond acceptors (Lipinski definition) is 4. The number of amides is 1. The second kappa shape index (κ2) is 7.22. The molecule has 2 rings (SSSR count). The number of ether oxygens (including phenoxy) is 2. The molecule has 2 heterocycles. The smallest absolute Gasteiger partial charge is 0.332 e. The molecule has 0 aromatic carbocycles. The van der Waals surface area contributed by atoms with E-state index in [-0.39, 0.29) is 12.0 Å². The predicted octanol–water partition coefficient (Wildman–Crippen LogP) is 1.28. The number of nitrogens with zero attached hydrogens (tertiary/aromatic N) is 1. The van der Waals surface area contributed by atoms with Gasteiger partial charge in [-0.15, -0.1) is 0 Å². The summed E-state index contributed by atoms with van der Waals surface area (Å²) in [6, 6.07) is 0. The number of likely N-dealkylation sites (tertiary alicyclic amines) is 1. The van der Waals surface area contributed by atoms with Crippen molar-refractivity contribution in [1.82, 2.24) is 4.90 Å². The Hall–Kier alpha value is -1.14. The Kier molecular flexibility index (Phi) is 5.58. The molecule has 0 aromatic rings. The third kappa shape index (κ3) is 4.41. The molecular weight excluding hydrogens is 274 g/mol. The summed E-state index contributed by atoms with van der Waals surface area (Å²) in [7, 11) is 0. The van der Waals surface area contributed by atoms with Gasteiger partial charge in [0.1, 0.15) is 6.10 Å². The summed E-state index contributed by atoms with van der Waals surface area (Å²) in [5.74, 6) is -0.459. The molecule has 0 aliphatic carbocycles. The van der Waals surface area contributed by atoms with Gasteiger partial charge in [0, 0.05) is 19.7 Å².